The van der Waals surface area contributed by atoms with E-state index in [4.69, 9.17) is 15.0 Å². The Balaban J connectivity index is 0.000000144. The monoisotopic (exact) mass is 1260 g/mol. The fourth-order valence-corrected chi connectivity index (χ4v) is 13.2. The van der Waals surface area contributed by atoms with Crippen molar-refractivity contribution >= 4 is 10.9 Å². The number of fused-ring (bicyclic) bond motifs is 1. The van der Waals surface area contributed by atoms with Gasteiger partial charge in [-0.05, 0) is 202 Å². The third-order valence-electron chi connectivity index (χ3n) is 18.2. The Morgan fingerprint density at radius 3 is 1.38 bits per heavy atom. The molecule has 3 aliphatic heterocycles. The number of aromatic amines is 1. The minimum atomic E-state index is 0.309. The second-order valence-corrected chi connectivity index (χ2v) is 25.7. The zero-order valence-corrected chi connectivity index (χ0v) is 55.3. The minimum Gasteiger partial charge on any atom is -0.508 e. The van der Waals surface area contributed by atoms with Crippen LogP contribution in [0.1, 0.15) is 104 Å². The number of hydrogen-bond acceptors (Lipinski definition) is 14. The van der Waals surface area contributed by atoms with Crippen LogP contribution in [0.25, 0.3) is 44.7 Å². The molecule has 3 aliphatic rings. The lowest BCUT2D eigenvalue weighted by Crippen LogP contribution is -2.48. The number of phenolic OH excluding ortho intramolecular Hbond substituents is 2. The summed E-state index contributed by atoms with van der Waals surface area (Å²) < 4.78 is 0. The number of hydrogen-bond donors (Lipinski definition) is 6. The summed E-state index contributed by atoms with van der Waals surface area (Å²) in [6.07, 6.45) is 18.6. The molecule has 0 unspecified atom stereocenters. The molecule has 2 atom stereocenters. The highest BCUT2D eigenvalue weighted by Gasteiger charge is 2.21. The largest absolute Gasteiger partial charge is 0.508 e. The van der Waals surface area contributed by atoms with Crippen molar-refractivity contribution in [1.82, 2.24) is 65.5 Å². The number of phenols is 2. The van der Waals surface area contributed by atoms with Crippen LogP contribution in [0.3, 0.4) is 0 Å². The molecule has 0 aliphatic carbocycles. The van der Waals surface area contributed by atoms with E-state index in [9.17, 15) is 10.2 Å². The number of aryl methyl sites for hydroxylation is 6. The normalized spacial score (nSPS) is 16.3. The van der Waals surface area contributed by atoms with Crippen LogP contribution in [0, 0.1) is 0 Å². The van der Waals surface area contributed by atoms with Crippen LogP contribution in [-0.4, -0.2) is 137 Å². The molecule has 13 rings (SSSR count). The number of nitrogens with one attached hydrogen (secondary N) is 4. The molecule has 0 radical (unpaired) electrons. The van der Waals surface area contributed by atoms with Gasteiger partial charge in [-0.3, -0.25) is 14.7 Å². The smallest absolute Gasteiger partial charge is 0.128 e. The zero-order chi connectivity index (χ0) is 64.7. The minimum absolute atomic E-state index is 0.309. The van der Waals surface area contributed by atoms with Gasteiger partial charge in [0.25, 0.3) is 0 Å². The van der Waals surface area contributed by atoms with Gasteiger partial charge in [-0.1, -0.05) is 91.9 Å². The SMILES string of the molecule is CCN(Cc1cccc(-c2ccnc(CCCc3ccc4[nH]ccc4c3)n2)c1)C1CCNCC1.C[C@@H]1CN(Cc2cccc(-c3ccnc(CCCc4ccc(O)cc4)n3)c2)CCN1.C[C@H]1CN(Cc2cccc(-c3ccnc(CCCc4ccc(O)cc4)n3)c2)CCN1. The Morgan fingerprint density at radius 2 is 0.915 bits per heavy atom. The Labute approximate surface area is 556 Å². The average molecular weight is 1260 g/mol. The average Bonchev–Trinajstić information content (AvgIpc) is 2.70. The molecule has 0 bridgehead atoms. The number of aromatic nitrogens is 7. The van der Waals surface area contributed by atoms with Crippen LogP contribution < -0.4 is 16.0 Å². The van der Waals surface area contributed by atoms with Crippen LogP contribution in [0.15, 0.2) is 189 Å². The van der Waals surface area contributed by atoms with Crippen molar-refractivity contribution in [3.63, 3.8) is 0 Å². The number of H-pyrrole nitrogens is 1. The van der Waals surface area contributed by atoms with E-state index in [1.165, 1.54) is 62.7 Å². The molecule has 10 aromatic rings. The van der Waals surface area contributed by atoms with Crippen LogP contribution >= 0.6 is 0 Å². The summed E-state index contributed by atoms with van der Waals surface area (Å²) >= 11 is 0. The van der Waals surface area contributed by atoms with Gasteiger partial charge < -0.3 is 31.1 Å². The maximum atomic E-state index is 9.40. The summed E-state index contributed by atoms with van der Waals surface area (Å²) in [6, 6.07) is 57.7. The number of benzene rings is 6. The summed E-state index contributed by atoms with van der Waals surface area (Å²) in [5.41, 5.74) is 15.5. The van der Waals surface area contributed by atoms with E-state index in [2.05, 4.69) is 168 Å². The first-order valence-electron chi connectivity index (χ1n) is 34.3. The molecule has 15 heteroatoms. The van der Waals surface area contributed by atoms with Crippen molar-refractivity contribution in [2.45, 2.75) is 129 Å². The van der Waals surface area contributed by atoms with Gasteiger partial charge in [-0.15, -0.1) is 0 Å². The van der Waals surface area contributed by atoms with Crippen molar-refractivity contribution < 1.29 is 10.2 Å². The van der Waals surface area contributed by atoms with Gasteiger partial charge in [-0.2, -0.15) is 0 Å². The lowest BCUT2D eigenvalue weighted by atomic mass is 10.0. The Hall–Kier alpha value is -8.54. The maximum Gasteiger partial charge on any atom is 0.128 e. The van der Waals surface area contributed by atoms with Crippen molar-refractivity contribution in [2.24, 2.45) is 0 Å². The zero-order valence-electron chi connectivity index (χ0n) is 55.3. The highest BCUT2D eigenvalue weighted by atomic mass is 16.3. The molecule has 0 amide bonds. The van der Waals surface area contributed by atoms with E-state index in [0.717, 1.165) is 182 Å². The van der Waals surface area contributed by atoms with Gasteiger partial charge in [0.05, 0.1) is 17.1 Å². The number of rotatable bonds is 23. The number of aromatic hydroxyl groups is 2. The molecule has 94 heavy (non-hydrogen) atoms. The van der Waals surface area contributed by atoms with Crippen LogP contribution in [0.5, 0.6) is 11.5 Å². The number of piperazine rings is 2. The van der Waals surface area contributed by atoms with Crippen LogP contribution in [0.4, 0.5) is 0 Å². The van der Waals surface area contributed by atoms with Gasteiger partial charge in [0.15, 0.2) is 0 Å². The Morgan fingerprint density at radius 1 is 0.468 bits per heavy atom. The topological polar surface area (TPSA) is 179 Å². The summed E-state index contributed by atoms with van der Waals surface area (Å²) in [4.78, 5) is 38.9. The van der Waals surface area contributed by atoms with Crippen molar-refractivity contribution in [3.05, 3.63) is 239 Å². The number of nitrogens with zero attached hydrogens (tertiary/aromatic N) is 9. The quantitative estimate of drug-likeness (QED) is 0.0356. The molecule has 488 valence electrons. The second kappa shape index (κ2) is 34.6. The summed E-state index contributed by atoms with van der Waals surface area (Å²) in [5.74, 6) is 3.31. The van der Waals surface area contributed by atoms with Crippen molar-refractivity contribution in [1.29, 1.82) is 0 Å². The molecule has 6 aromatic carbocycles. The lowest BCUT2D eigenvalue weighted by Gasteiger charge is -2.34. The first-order chi connectivity index (χ1) is 46.1. The van der Waals surface area contributed by atoms with E-state index >= 15 is 0 Å². The standard InChI is InChI=1S/C29H35N5.2C25H30N4O/c1-2-34(26-12-15-30-16-13-26)21-23-6-3-7-24(20-23)28-14-18-32-29(33-28)8-4-5-22-9-10-27-25(19-22)11-17-31-27;2*1-19-17-29(15-14-26-19)18-21-5-2-6-22(16-21)24-12-13-27-25(28-24)7-3-4-20-8-10-23(30)11-9-20/h3,6-7,9-11,14,17-20,26,30-31H,2,4-5,8,12-13,15-16,21H2,1H3;2*2,5-6,8-13,16,19,26,30H,3-4,7,14-15,17-18H2,1H3/t;2*19-/m.10/s1. The molecule has 6 N–H and O–H groups in total. The second-order valence-electron chi connectivity index (χ2n) is 25.7. The van der Waals surface area contributed by atoms with E-state index in [0.29, 0.717) is 29.6 Å². The summed E-state index contributed by atoms with van der Waals surface area (Å²) in [6.45, 7) is 19.5. The Kier molecular flexibility index (Phi) is 24.6. The van der Waals surface area contributed by atoms with Gasteiger partial charge in [0, 0.05) is 143 Å². The third-order valence-corrected chi connectivity index (χ3v) is 18.2. The van der Waals surface area contributed by atoms with E-state index in [1.807, 2.05) is 67.3 Å². The molecule has 7 heterocycles. The van der Waals surface area contributed by atoms with E-state index in [1.54, 1.807) is 24.3 Å². The van der Waals surface area contributed by atoms with Crippen molar-refractivity contribution in [2.75, 3.05) is 58.9 Å². The Bertz CT molecular complexity index is 3770. The number of piperidine rings is 1. The van der Waals surface area contributed by atoms with Gasteiger partial charge in [0.1, 0.15) is 29.0 Å². The first kappa shape index (κ1) is 66.9. The highest BCUT2D eigenvalue weighted by molar-refractivity contribution is 5.80. The molecule has 4 aromatic heterocycles. The molecule has 3 fully saturated rings. The molecule has 0 spiro atoms. The molecular formula is C79H95N13O2. The van der Waals surface area contributed by atoms with Gasteiger partial charge >= 0.3 is 0 Å². The summed E-state index contributed by atoms with van der Waals surface area (Å²) in [5, 5.41) is 30.6. The first-order valence-corrected chi connectivity index (χ1v) is 34.3. The molecule has 3 saturated heterocycles. The van der Waals surface area contributed by atoms with Gasteiger partial charge in [0.2, 0.25) is 0 Å². The summed E-state index contributed by atoms with van der Waals surface area (Å²) in [7, 11) is 0. The fraction of sp³-hybridized carbons (Fsp3) is 0.367. The molecule has 0 saturated carbocycles. The van der Waals surface area contributed by atoms with Gasteiger partial charge in [-0.25, -0.2) is 29.9 Å². The van der Waals surface area contributed by atoms with Crippen LogP contribution in [-0.2, 0) is 58.2 Å². The predicted octanol–water partition coefficient (Wildman–Crippen LogP) is 13.0. The predicted molar refractivity (Wildman–Crippen MR) is 380 cm³/mol. The maximum absolute atomic E-state index is 9.40. The lowest BCUT2D eigenvalue weighted by molar-refractivity contribution is 0.162. The molecular weight excluding hydrogens is 1160 g/mol. The third kappa shape index (κ3) is 20.5. The fourth-order valence-electron chi connectivity index (χ4n) is 13.2. The van der Waals surface area contributed by atoms with Crippen molar-refractivity contribution in [3.8, 4) is 45.3 Å². The van der Waals surface area contributed by atoms with E-state index < -0.39 is 0 Å². The van der Waals surface area contributed by atoms with E-state index in [-0.39, 0.29) is 0 Å². The van der Waals surface area contributed by atoms with Crippen LogP contribution in [0.2, 0.25) is 0 Å². The molecule has 15 nitrogen and oxygen atoms in total. The highest BCUT2D eigenvalue weighted by Crippen LogP contribution is 2.26.